The van der Waals surface area contributed by atoms with Crippen molar-refractivity contribution in [3.05, 3.63) is 45.5 Å². The van der Waals surface area contributed by atoms with Gasteiger partial charge in [-0.3, -0.25) is 0 Å². The van der Waals surface area contributed by atoms with E-state index in [0.29, 0.717) is 0 Å². The highest BCUT2D eigenvalue weighted by atomic mass is 79.9. The van der Waals surface area contributed by atoms with E-state index in [1.165, 1.54) is 0 Å². The van der Waals surface area contributed by atoms with Crippen molar-refractivity contribution in [1.82, 2.24) is 4.98 Å². The summed E-state index contributed by atoms with van der Waals surface area (Å²) in [7, 11) is 1.64. The largest absolute Gasteiger partial charge is 0.496 e. The van der Waals surface area contributed by atoms with Crippen molar-refractivity contribution >= 4 is 43.4 Å². The van der Waals surface area contributed by atoms with Crippen LogP contribution in [0.25, 0.3) is 0 Å². The van der Waals surface area contributed by atoms with Crippen molar-refractivity contribution in [2.24, 2.45) is 0 Å². The van der Waals surface area contributed by atoms with Crippen LogP contribution in [0.3, 0.4) is 0 Å². The summed E-state index contributed by atoms with van der Waals surface area (Å²) in [6.45, 7) is 0. The van der Waals surface area contributed by atoms with Gasteiger partial charge >= 0.3 is 0 Å². The first kappa shape index (κ1) is 12.4. The maximum absolute atomic E-state index is 5.17. The van der Waals surface area contributed by atoms with Crippen molar-refractivity contribution in [3.8, 4) is 5.75 Å². The number of benzene rings is 1. The molecule has 2 rings (SSSR count). The van der Waals surface area contributed by atoms with Crippen molar-refractivity contribution in [3.63, 3.8) is 0 Å². The Labute approximate surface area is 116 Å². The third-order valence-electron chi connectivity index (χ3n) is 2.15. The van der Waals surface area contributed by atoms with Crippen LogP contribution in [0.5, 0.6) is 5.75 Å². The molecule has 0 unspecified atom stereocenters. The highest BCUT2D eigenvalue weighted by Gasteiger charge is 2.02. The van der Waals surface area contributed by atoms with Gasteiger partial charge in [-0.2, -0.15) is 0 Å². The fraction of sp³-hybridized carbons (Fsp3) is 0.0833. The summed E-state index contributed by atoms with van der Waals surface area (Å²) >= 11 is 6.79. The predicted octanol–water partition coefficient (Wildman–Crippen LogP) is 4.36. The number of hydrogen-bond donors (Lipinski definition) is 1. The molecule has 0 spiro atoms. The number of rotatable bonds is 3. The number of ether oxygens (including phenoxy) is 1. The summed E-state index contributed by atoms with van der Waals surface area (Å²) < 4.78 is 7.03. The van der Waals surface area contributed by atoms with Crippen LogP contribution >= 0.6 is 31.9 Å². The molecule has 1 heterocycles. The van der Waals surface area contributed by atoms with Crippen LogP contribution in [-0.2, 0) is 0 Å². The summed E-state index contributed by atoms with van der Waals surface area (Å²) in [5, 5.41) is 3.21. The van der Waals surface area contributed by atoms with Gasteiger partial charge in [-0.1, -0.05) is 0 Å². The first-order chi connectivity index (χ1) is 8.19. The quantitative estimate of drug-likeness (QED) is 0.886. The Morgan fingerprint density at radius 3 is 2.59 bits per heavy atom. The molecule has 2 aromatic rings. The van der Waals surface area contributed by atoms with Crippen molar-refractivity contribution in [2.75, 3.05) is 12.4 Å². The number of pyridine rings is 1. The lowest BCUT2D eigenvalue weighted by Gasteiger charge is -2.08. The molecule has 88 valence electrons. The van der Waals surface area contributed by atoms with Gasteiger partial charge in [0, 0.05) is 16.4 Å². The number of nitrogens with one attached hydrogen (secondary N) is 1. The summed E-state index contributed by atoms with van der Waals surface area (Å²) in [5.74, 6) is 1.60. The van der Waals surface area contributed by atoms with E-state index in [0.717, 1.165) is 26.2 Å². The Bertz CT molecular complexity index is 514. The van der Waals surface area contributed by atoms with Gasteiger partial charge in [-0.05, 0) is 62.2 Å². The van der Waals surface area contributed by atoms with Gasteiger partial charge in [0.15, 0.2) is 0 Å². The summed E-state index contributed by atoms with van der Waals surface area (Å²) in [4.78, 5) is 4.24. The molecule has 0 amide bonds. The molecule has 1 N–H and O–H groups in total. The number of anilines is 2. The highest BCUT2D eigenvalue weighted by Crippen LogP contribution is 2.28. The molecule has 3 nitrogen and oxygen atoms in total. The Morgan fingerprint density at radius 2 is 2.00 bits per heavy atom. The summed E-state index contributed by atoms with van der Waals surface area (Å²) in [5.41, 5.74) is 0.951. The second kappa shape index (κ2) is 5.51. The zero-order valence-electron chi connectivity index (χ0n) is 9.08. The SMILES string of the molecule is COc1ccc(Nc2ccc(Br)cn2)cc1Br. The average molecular weight is 358 g/mol. The minimum atomic E-state index is 0.797. The second-order valence-corrected chi connectivity index (χ2v) is 5.11. The average Bonchev–Trinajstić information content (AvgIpc) is 2.32. The monoisotopic (exact) mass is 356 g/mol. The van der Waals surface area contributed by atoms with Crippen LogP contribution in [-0.4, -0.2) is 12.1 Å². The van der Waals surface area contributed by atoms with Crippen molar-refractivity contribution in [2.45, 2.75) is 0 Å². The van der Waals surface area contributed by atoms with Crippen molar-refractivity contribution < 1.29 is 4.74 Å². The number of halogens is 2. The highest BCUT2D eigenvalue weighted by molar-refractivity contribution is 9.10. The second-order valence-electron chi connectivity index (χ2n) is 3.34. The molecular formula is C12H10Br2N2O. The van der Waals surface area contributed by atoms with Crippen molar-refractivity contribution in [1.29, 1.82) is 0 Å². The molecule has 0 atom stereocenters. The fourth-order valence-corrected chi connectivity index (χ4v) is 2.12. The Hall–Kier alpha value is -1.07. The number of nitrogens with zero attached hydrogens (tertiary/aromatic N) is 1. The third kappa shape index (κ3) is 3.20. The normalized spacial score (nSPS) is 10.1. The van der Waals surface area contributed by atoms with Gasteiger partial charge in [0.05, 0.1) is 11.6 Å². The lowest BCUT2D eigenvalue weighted by atomic mass is 10.3. The fourth-order valence-electron chi connectivity index (χ4n) is 1.34. The smallest absolute Gasteiger partial charge is 0.133 e. The van der Waals surface area contributed by atoms with Crippen LogP contribution in [0.2, 0.25) is 0 Å². The van der Waals surface area contributed by atoms with Gasteiger partial charge in [0.25, 0.3) is 0 Å². The Balaban J connectivity index is 2.19. The van der Waals surface area contributed by atoms with E-state index in [1.807, 2.05) is 30.3 Å². The molecule has 1 aromatic heterocycles. The van der Waals surface area contributed by atoms with E-state index in [4.69, 9.17) is 4.74 Å². The molecular weight excluding hydrogens is 348 g/mol. The van der Waals surface area contributed by atoms with Gasteiger partial charge < -0.3 is 10.1 Å². The van der Waals surface area contributed by atoms with E-state index >= 15 is 0 Å². The minimum Gasteiger partial charge on any atom is -0.496 e. The lowest BCUT2D eigenvalue weighted by molar-refractivity contribution is 0.412. The van der Waals surface area contributed by atoms with Gasteiger partial charge in [0.1, 0.15) is 11.6 Å². The molecule has 1 aromatic carbocycles. The maximum atomic E-state index is 5.17. The Morgan fingerprint density at radius 1 is 1.18 bits per heavy atom. The van der Waals surface area contributed by atoms with E-state index in [-0.39, 0.29) is 0 Å². The van der Waals surface area contributed by atoms with Gasteiger partial charge in [-0.25, -0.2) is 4.98 Å². The predicted molar refractivity (Wildman–Crippen MR) is 75.9 cm³/mol. The maximum Gasteiger partial charge on any atom is 0.133 e. The molecule has 17 heavy (non-hydrogen) atoms. The molecule has 0 bridgehead atoms. The van der Waals surface area contributed by atoms with E-state index in [9.17, 15) is 0 Å². The number of aromatic nitrogens is 1. The topological polar surface area (TPSA) is 34.1 Å². The third-order valence-corrected chi connectivity index (χ3v) is 3.24. The number of methoxy groups -OCH3 is 1. The molecule has 0 aliphatic rings. The van der Waals surface area contributed by atoms with Crippen LogP contribution in [0.4, 0.5) is 11.5 Å². The molecule has 0 radical (unpaired) electrons. The van der Waals surface area contributed by atoms with Gasteiger partial charge in [0.2, 0.25) is 0 Å². The molecule has 0 aliphatic carbocycles. The first-order valence-electron chi connectivity index (χ1n) is 4.91. The van der Waals surface area contributed by atoms with Gasteiger partial charge in [-0.15, -0.1) is 0 Å². The van der Waals surface area contributed by atoms with Crippen LogP contribution < -0.4 is 10.1 Å². The molecule has 0 saturated carbocycles. The molecule has 0 aliphatic heterocycles. The molecule has 0 saturated heterocycles. The standard InChI is InChI=1S/C12H10Br2N2O/c1-17-11-4-3-9(6-10(11)14)16-12-5-2-8(13)7-15-12/h2-7H,1H3,(H,15,16). The minimum absolute atomic E-state index is 0.797. The van der Waals surface area contributed by atoms with Crippen LogP contribution in [0.15, 0.2) is 45.5 Å². The van der Waals surface area contributed by atoms with E-state index in [2.05, 4.69) is 42.2 Å². The zero-order chi connectivity index (χ0) is 12.3. The van der Waals surface area contributed by atoms with E-state index < -0.39 is 0 Å². The number of hydrogen-bond acceptors (Lipinski definition) is 3. The summed E-state index contributed by atoms with van der Waals surface area (Å²) in [6.07, 6.45) is 1.75. The molecule has 0 fully saturated rings. The van der Waals surface area contributed by atoms with Crippen LogP contribution in [0, 0.1) is 0 Å². The lowest BCUT2D eigenvalue weighted by Crippen LogP contribution is -1.93. The first-order valence-corrected chi connectivity index (χ1v) is 6.50. The summed E-state index contributed by atoms with van der Waals surface area (Å²) in [6, 6.07) is 9.62. The van der Waals surface area contributed by atoms with E-state index in [1.54, 1.807) is 13.3 Å². The molecule has 5 heteroatoms. The van der Waals surface area contributed by atoms with Crippen LogP contribution in [0.1, 0.15) is 0 Å². The Kier molecular flexibility index (Phi) is 4.02. The zero-order valence-corrected chi connectivity index (χ0v) is 12.2.